The standard InChI is InChI=1S/C12H17N5O/c1-3-18-12-10(13)4-5-11(16-12)14-6-9-7-15-17-8(9)2/h4-5,7H,3,6,13H2,1-2H3,(H,14,16)(H,15,17). The summed E-state index contributed by atoms with van der Waals surface area (Å²) in [5.41, 5.74) is 8.45. The van der Waals surface area contributed by atoms with E-state index in [0.717, 1.165) is 17.1 Å². The molecule has 6 nitrogen and oxygen atoms in total. The van der Waals surface area contributed by atoms with Crippen molar-refractivity contribution in [3.63, 3.8) is 0 Å². The summed E-state index contributed by atoms with van der Waals surface area (Å²) in [5.74, 6) is 1.19. The Balaban J connectivity index is 2.05. The third-order valence-corrected chi connectivity index (χ3v) is 2.57. The van der Waals surface area contributed by atoms with Crippen LogP contribution in [0.3, 0.4) is 0 Å². The van der Waals surface area contributed by atoms with Crippen molar-refractivity contribution in [2.75, 3.05) is 17.7 Å². The van der Waals surface area contributed by atoms with E-state index < -0.39 is 0 Å². The summed E-state index contributed by atoms with van der Waals surface area (Å²) >= 11 is 0. The lowest BCUT2D eigenvalue weighted by Crippen LogP contribution is -2.05. The summed E-state index contributed by atoms with van der Waals surface area (Å²) in [6, 6.07) is 3.61. The number of aromatic nitrogens is 3. The minimum atomic E-state index is 0.464. The molecule has 0 aliphatic carbocycles. The largest absolute Gasteiger partial charge is 0.476 e. The van der Waals surface area contributed by atoms with Crippen LogP contribution in [0, 0.1) is 6.92 Å². The fourth-order valence-electron chi connectivity index (χ4n) is 1.54. The Hall–Kier alpha value is -2.24. The van der Waals surface area contributed by atoms with Crippen LogP contribution in [0.4, 0.5) is 11.5 Å². The minimum absolute atomic E-state index is 0.464. The van der Waals surface area contributed by atoms with Crippen LogP contribution in [0.15, 0.2) is 18.3 Å². The number of nitrogens with two attached hydrogens (primary N) is 1. The Labute approximate surface area is 106 Å². The Bertz CT molecular complexity index is 523. The van der Waals surface area contributed by atoms with Gasteiger partial charge in [-0.3, -0.25) is 5.10 Å². The second-order valence-electron chi connectivity index (χ2n) is 3.90. The zero-order valence-electron chi connectivity index (χ0n) is 10.5. The number of aromatic amines is 1. The molecule has 0 saturated heterocycles. The van der Waals surface area contributed by atoms with Crippen LogP contribution in [0.5, 0.6) is 5.88 Å². The van der Waals surface area contributed by atoms with Crippen LogP contribution in [-0.2, 0) is 6.54 Å². The zero-order valence-corrected chi connectivity index (χ0v) is 10.5. The molecule has 4 N–H and O–H groups in total. The molecule has 0 aromatic carbocycles. The second kappa shape index (κ2) is 5.39. The summed E-state index contributed by atoms with van der Waals surface area (Å²) in [4.78, 5) is 4.30. The predicted octanol–water partition coefficient (Wildman–Crippen LogP) is 1.71. The van der Waals surface area contributed by atoms with Gasteiger partial charge in [-0.2, -0.15) is 10.1 Å². The highest BCUT2D eigenvalue weighted by Crippen LogP contribution is 2.21. The number of nitrogens with one attached hydrogen (secondary N) is 2. The Kier molecular flexibility index (Phi) is 3.66. The van der Waals surface area contributed by atoms with Gasteiger partial charge in [0.1, 0.15) is 5.82 Å². The quantitative estimate of drug-likeness (QED) is 0.748. The summed E-state index contributed by atoms with van der Waals surface area (Å²) in [6.07, 6.45) is 1.79. The molecule has 0 fully saturated rings. The topological polar surface area (TPSA) is 88.8 Å². The molecule has 0 saturated carbocycles. The highest BCUT2D eigenvalue weighted by molar-refractivity contribution is 5.53. The maximum absolute atomic E-state index is 5.76. The molecule has 96 valence electrons. The van der Waals surface area contributed by atoms with E-state index in [1.54, 1.807) is 12.3 Å². The minimum Gasteiger partial charge on any atom is -0.476 e. The molecule has 18 heavy (non-hydrogen) atoms. The molecular weight excluding hydrogens is 230 g/mol. The van der Waals surface area contributed by atoms with Crippen molar-refractivity contribution in [2.24, 2.45) is 0 Å². The molecule has 0 bridgehead atoms. The maximum atomic E-state index is 5.76. The van der Waals surface area contributed by atoms with E-state index in [-0.39, 0.29) is 0 Å². The summed E-state index contributed by atoms with van der Waals surface area (Å²) in [6.45, 7) is 5.08. The van der Waals surface area contributed by atoms with Crippen LogP contribution >= 0.6 is 0 Å². The first-order valence-electron chi connectivity index (χ1n) is 5.82. The van der Waals surface area contributed by atoms with Gasteiger partial charge in [0.2, 0.25) is 5.88 Å². The Morgan fingerprint density at radius 1 is 1.44 bits per heavy atom. The van der Waals surface area contributed by atoms with Gasteiger partial charge in [-0.15, -0.1) is 0 Å². The van der Waals surface area contributed by atoms with E-state index in [9.17, 15) is 0 Å². The normalized spacial score (nSPS) is 10.3. The lowest BCUT2D eigenvalue weighted by Gasteiger charge is -2.09. The Morgan fingerprint density at radius 2 is 2.28 bits per heavy atom. The van der Waals surface area contributed by atoms with Gasteiger partial charge in [0, 0.05) is 17.8 Å². The van der Waals surface area contributed by atoms with Gasteiger partial charge in [0.25, 0.3) is 0 Å². The SMILES string of the molecule is CCOc1nc(NCc2cn[nH]c2C)ccc1N. The smallest absolute Gasteiger partial charge is 0.239 e. The molecule has 2 aromatic heterocycles. The van der Waals surface area contributed by atoms with E-state index >= 15 is 0 Å². The molecule has 0 atom stereocenters. The zero-order chi connectivity index (χ0) is 13.0. The van der Waals surface area contributed by atoms with Crippen LogP contribution < -0.4 is 15.8 Å². The summed E-state index contributed by atoms with van der Waals surface area (Å²) in [7, 11) is 0. The molecule has 2 aromatic rings. The summed E-state index contributed by atoms with van der Waals surface area (Å²) in [5, 5.41) is 10.1. The van der Waals surface area contributed by atoms with Gasteiger partial charge in [-0.25, -0.2) is 0 Å². The summed E-state index contributed by atoms with van der Waals surface area (Å²) < 4.78 is 5.34. The van der Waals surface area contributed by atoms with Crippen molar-refractivity contribution in [1.29, 1.82) is 0 Å². The first kappa shape index (κ1) is 12.2. The lowest BCUT2D eigenvalue weighted by atomic mass is 10.2. The highest BCUT2D eigenvalue weighted by atomic mass is 16.5. The molecule has 2 rings (SSSR count). The van der Waals surface area contributed by atoms with Crippen molar-refractivity contribution < 1.29 is 4.74 Å². The van der Waals surface area contributed by atoms with Crippen molar-refractivity contribution >= 4 is 11.5 Å². The first-order chi connectivity index (χ1) is 8.70. The average Bonchev–Trinajstić information content (AvgIpc) is 2.76. The number of hydrogen-bond donors (Lipinski definition) is 3. The third kappa shape index (κ3) is 2.71. The van der Waals surface area contributed by atoms with E-state index in [2.05, 4.69) is 20.5 Å². The molecule has 0 spiro atoms. The number of rotatable bonds is 5. The van der Waals surface area contributed by atoms with Crippen molar-refractivity contribution in [2.45, 2.75) is 20.4 Å². The monoisotopic (exact) mass is 247 g/mol. The maximum Gasteiger partial charge on any atom is 0.239 e. The fraction of sp³-hybridized carbons (Fsp3) is 0.333. The van der Waals surface area contributed by atoms with Crippen LogP contribution in [0.2, 0.25) is 0 Å². The number of H-pyrrole nitrogens is 1. The molecule has 0 aliphatic rings. The molecule has 2 heterocycles. The molecule has 0 amide bonds. The van der Waals surface area contributed by atoms with Crippen molar-refractivity contribution in [3.8, 4) is 5.88 Å². The first-order valence-corrected chi connectivity index (χ1v) is 5.82. The van der Waals surface area contributed by atoms with Crippen LogP contribution in [0.1, 0.15) is 18.2 Å². The number of ether oxygens (including phenoxy) is 1. The molecule has 6 heteroatoms. The van der Waals surface area contributed by atoms with Crippen LogP contribution in [0.25, 0.3) is 0 Å². The van der Waals surface area contributed by atoms with Gasteiger partial charge >= 0.3 is 0 Å². The third-order valence-electron chi connectivity index (χ3n) is 2.57. The van der Waals surface area contributed by atoms with Gasteiger partial charge in [0.15, 0.2) is 0 Å². The average molecular weight is 247 g/mol. The lowest BCUT2D eigenvalue weighted by molar-refractivity contribution is 0.329. The molecule has 0 unspecified atom stereocenters. The molecule has 0 aliphatic heterocycles. The van der Waals surface area contributed by atoms with Crippen LogP contribution in [-0.4, -0.2) is 21.8 Å². The number of nitrogen functional groups attached to an aromatic ring is 1. The van der Waals surface area contributed by atoms with Gasteiger partial charge in [0.05, 0.1) is 18.5 Å². The second-order valence-corrected chi connectivity index (χ2v) is 3.90. The number of nitrogens with zero attached hydrogens (tertiary/aromatic N) is 2. The van der Waals surface area contributed by atoms with Gasteiger partial charge in [-0.05, 0) is 26.0 Å². The number of anilines is 2. The highest BCUT2D eigenvalue weighted by Gasteiger charge is 2.05. The Morgan fingerprint density at radius 3 is 2.94 bits per heavy atom. The number of aryl methyl sites for hydroxylation is 1. The van der Waals surface area contributed by atoms with E-state index in [4.69, 9.17) is 10.5 Å². The number of pyridine rings is 1. The number of hydrogen-bond acceptors (Lipinski definition) is 5. The predicted molar refractivity (Wildman–Crippen MR) is 70.5 cm³/mol. The van der Waals surface area contributed by atoms with Crippen molar-refractivity contribution in [1.82, 2.24) is 15.2 Å². The van der Waals surface area contributed by atoms with Gasteiger partial charge in [-0.1, -0.05) is 0 Å². The van der Waals surface area contributed by atoms with Crippen molar-refractivity contribution in [3.05, 3.63) is 29.6 Å². The molecular formula is C12H17N5O. The van der Waals surface area contributed by atoms with E-state index in [1.165, 1.54) is 0 Å². The fourth-order valence-corrected chi connectivity index (χ4v) is 1.54. The van der Waals surface area contributed by atoms with Gasteiger partial charge < -0.3 is 15.8 Å². The molecule has 0 radical (unpaired) electrons. The van der Waals surface area contributed by atoms with E-state index in [1.807, 2.05) is 19.9 Å². The van der Waals surface area contributed by atoms with E-state index in [0.29, 0.717) is 24.7 Å².